The zero-order valence-electron chi connectivity index (χ0n) is 16.2. The van der Waals surface area contributed by atoms with Gasteiger partial charge in [-0.3, -0.25) is 0 Å². The third-order valence-electron chi connectivity index (χ3n) is 4.59. The van der Waals surface area contributed by atoms with Gasteiger partial charge >= 0.3 is 0 Å². The summed E-state index contributed by atoms with van der Waals surface area (Å²) in [4.78, 5) is 8.84. The molecular formula is C20H22N4O3Si. The van der Waals surface area contributed by atoms with Gasteiger partial charge in [-0.15, -0.1) is 0 Å². The van der Waals surface area contributed by atoms with Gasteiger partial charge in [0.25, 0.3) is 0 Å². The van der Waals surface area contributed by atoms with Crippen molar-refractivity contribution in [3.05, 3.63) is 36.3 Å². The standard InChI is InChI=1S/C20H22N4O3Si/c1-28(2,3)9-8-25-12-24-7-6-15-19(22-18(11-21)23-20(15)24)14-4-5-16-17(10-14)27-13-26-16/h4-7,10H,8-9,12-13H2,1-3H3. The Morgan fingerprint density at radius 1 is 1.18 bits per heavy atom. The van der Waals surface area contributed by atoms with Gasteiger partial charge in [-0.05, 0) is 30.3 Å². The van der Waals surface area contributed by atoms with E-state index >= 15 is 0 Å². The number of benzene rings is 1. The van der Waals surface area contributed by atoms with Crippen LogP contribution in [0.4, 0.5) is 0 Å². The fraction of sp³-hybridized carbons (Fsp3) is 0.350. The molecule has 0 spiro atoms. The molecule has 4 rings (SSSR count). The summed E-state index contributed by atoms with van der Waals surface area (Å²) in [6.07, 6.45) is 1.92. The third-order valence-corrected chi connectivity index (χ3v) is 6.30. The predicted molar refractivity (Wildman–Crippen MR) is 108 cm³/mol. The first-order valence-electron chi connectivity index (χ1n) is 9.19. The zero-order valence-corrected chi connectivity index (χ0v) is 17.2. The van der Waals surface area contributed by atoms with Crippen molar-refractivity contribution in [1.29, 1.82) is 5.26 Å². The number of nitriles is 1. The summed E-state index contributed by atoms with van der Waals surface area (Å²) in [5.41, 5.74) is 2.23. The number of nitrogens with zero attached hydrogens (tertiary/aromatic N) is 4. The van der Waals surface area contributed by atoms with Gasteiger partial charge < -0.3 is 18.8 Å². The van der Waals surface area contributed by atoms with Crippen molar-refractivity contribution >= 4 is 19.1 Å². The molecule has 0 saturated carbocycles. The molecule has 0 bridgehead atoms. The second kappa shape index (κ2) is 7.26. The minimum absolute atomic E-state index is 0.127. The smallest absolute Gasteiger partial charge is 0.234 e. The van der Waals surface area contributed by atoms with Crippen molar-refractivity contribution in [3.63, 3.8) is 0 Å². The average molecular weight is 395 g/mol. The number of aromatic nitrogens is 3. The second-order valence-electron chi connectivity index (χ2n) is 7.95. The van der Waals surface area contributed by atoms with Gasteiger partial charge in [0.05, 0.1) is 5.69 Å². The number of rotatable bonds is 6. The van der Waals surface area contributed by atoms with Crippen LogP contribution in [0.5, 0.6) is 11.5 Å². The van der Waals surface area contributed by atoms with Crippen LogP contribution in [-0.4, -0.2) is 36.0 Å². The maximum Gasteiger partial charge on any atom is 0.234 e. The topological polar surface area (TPSA) is 82.2 Å². The number of fused-ring (bicyclic) bond motifs is 2. The molecule has 0 aliphatic carbocycles. The van der Waals surface area contributed by atoms with Crippen molar-refractivity contribution in [1.82, 2.24) is 14.5 Å². The molecule has 0 radical (unpaired) electrons. The van der Waals surface area contributed by atoms with Gasteiger partial charge in [0.15, 0.2) is 11.5 Å². The van der Waals surface area contributed by atoms with E-state index in [0.717, 1.165) is 23.6 Å². The van der Waals surface area contributed by atoms with Crippen LogP contribution in [0.3, 0.4) is 0 Å². The Labute approximate surface area is 164 Å². The van der Waals surface area contributed by atoms with Crippen LogP contribution in [0.2, 0.25) is 25.7 Å². The monoisotopic (exact) mass is 394 g/mol. The molecule has 1 aliphatic heterocycles. The van der Waals surface area contributed by atoms with E-state index in [-0.39, 0.29) is 12.6 Å². The first-order chi connectivity index (χ1) is 13.4. The lowest BCUT2D eigenvalue weighted by atomic mass is 10.1. The van der Waals surface area contributed by atoms with Crippen LogP contribution in [0.15, 0.2) is 30.5 Å². The molecule has 2 aromatic heterocycles. The first kappa shape index (κ1) is 18.5. The molecule has 8 heteroatoms. The van der Waals surface area contributed by atoms with Gasteiger partial charge in [0.1, 0.15) is 18.4 Å². The predicted octanol–water partition coefficient (Wildman–Crippen LogP) is 4.01. The van der Waals surface area contributed by atoms with Gasteiger partial charge in [0, 0.05) is 31.8 Å². The van der Waals surface area contributed by atoms with Crippen LogP contribution in [0, 0.1) is 11.3 Å². The maximum absolute atomic E-state index is 9.40. The van der Waals surface area contributed by atoms with Crippen LogP contribution >= 0.6 is 0 Å². The lowest BCUT2D eigenvalue weighted by molar-refractivity contribution is 0.0899. The molecule has 1 aliphatic rings. The lowest BCUT2D eigenvalue weighted by Gasteiger charge is -2.15. The van der Waals surface area contributed by atoms with Gasteiger partial charge in [-0.25, -0.2) is 9.97 Å². The van der Waals surface area contributed by atoms with E-state index in [1.54, 1.807) is 0 Å². The molecule has 0 saturated heterocycles. The average Bonchev–Trinajstić information content (AvgIpc) is 3.29. The molecule has 0 N–H and O–H groups in total. The first-order valence-corrected chi connectivity index (χ1v) is 12.9. The highest BCUT2D eigenvalue weighted by Crippen LogP contribution is 2.37. The summed E-state index contributed by atoms with van der Waals surface area (Å²) in [5.74, 6) is 1.52. The van der Waals surface area contributed by atoms with Crippen LogP contribution in [0.1, 0.15) is 5.82 Å². The summed E-state index contributed by atoms with van der Waals surface area (Å²) in [7, 11) is -1.13. The lowest BCUT2D eigenvalue weighted by Crippen LogP contribution is -2.22. The fourth-order valence-electron chi connectivity index (χ4n) is 3.02. The van der Waals surface area contributed by atoms with E-state index in [1.807, 2.05) is 35.0 Å². The summed E-state index contributed by atoms with van der Waals surface area (Å²) >= 11 is 0. The molecule has 3 heterocycles. The number of hydrogen-bond donors (Lipinski definition) is 0. The molecule has 28 heavy (non-hydrogen) atoms. The van der Waals surface area contributed by atoms with Crippen molar-refractivity contribution in [2.24, 2.45) is 0 Å². The summed E-state index contributed by atoms with van der Waals surface area (Å²) < 4.78 is 18.6. The highest BCUT2D eigenvalue weighted by atomic mass is 28.3. The van der Waals surface area contributed by atoms with E-state index in [4.69, 9.17) is 14.2 Å². The molecule has 1 aromatic carbocycles. The summed E-state index contributed by atoms with van der Waals surface area (Å²) in [6, 6.07) is 10.8. The van der Waals surface area contributed by atoms with E-state index in [9.17, 15) is 5.26 Å². The maximum atomic E-state index is 9.40. The third kappa shape index (κ3) is 3.72. The van der Waals surface area contributed by atoms with E-state index in [2.05, 4.69) is 35.7 Å². The zero-order chi connectivity index (χ0) is 19.7. The Balaban J connectivity index is 1.67. The van der Waals surface area contributed by atoms with E-state index in [1.165, 1.54) is 0 Å². The molecule has 0 unspecified atom stereocenters. The van der Waals surface area contributed by atoms with Crippen molar-refractivity contribution in [3.8, 4) is 28.8 Å². The van der Waals surface area contributed by atoms with Gasteiger partial charge in [-0.2, -0.15) is 5.26 Å². The van der Waals surface area contributed by atoms with Crippen molar-refractivity contribution < 1.29 is 14.2 Å². The molecule has 0 amide bonds. The summed E-state index contributed by atoms with van der Waals surface area (Å²) in [5, 5.41) is 10.3. The van der Waals surface area contributed by atoms with E-state index < -0.39 is 8.07 Å². The highest BCUT2D eigenvalue weighted by molar-refractivity contribution is 6.76. The minimum atomic E-state index is -1.13. The fourth-order valence-corrected chi connectivity index (χ4v) is 3.78. The Bertz CT molecular complexity index is 1070. The van der Waals surface area contributed by atoms with Gasteiger partial charge in [-0.1, -0.05) is 19.6 Å². The Kier molecular flexibility index (Phi) is 4.79. The molecule has 7 nitrogen and oxygen atoms in total. The minimum Gasteiger partial charge on any atom is -0.454 e. The molecular weight excluding hydrogens is 372 g/mol. The van der Waals surface area contributed by atoms with Crippen molar-refractivity contribution in [2.45, 2.75) is 32.4 Å². The summed E-state index contributed by atoms with van der Waals surface area (Å²) in [6.45, 7) is 8.31. The largest absolute Gasteiger partial charge is 0.454 e. The molecule has 0 fully saturated rings. The van der Waals surface area contributed by atoms with Crippen LogP contribution < -0.4 is 9.47 Å². The highest BCUT2D eigenvalue weighted by Gasteiger charge is 2.18. The van der Waals surface area contributed by atoms with Crippen LogP contribution in [-0.2, 0) is 11.5 Å². The Morgan fingerprint density at radius 2 is 2.00 bits per heavy atom. The number of hydrogen-bond acceptors (Lipinski definition) is 6. The van der Waals surface area contributed by atoms with Crippen molar-refractivity contribution in [2.75, 3.05) is 13.4 Å². The second-order valence-corrected chi connectivity index (χ2v) is 13.6. The Hall–Kier alpha value is -2.89. The normalized spacial score (nSPS) is 13.1. The quantitative estimate of drug-likeness (QED) is 0.464. The van der Waals surface area contributed by atoms with Crippen LogP contribution in [0.25, 0.3) is 22.3 Å². The number of ether oxygens (including phenoxy) is 3. The Morgan fingerprint density at radius 3 is 2.79 bits per heavy atom. The molecule has 0 atom stereocenters. The SMILES string of the molecule is C[Si](C)(C)CCOCn1ccc2c(-c3ccc4c(c3)OCO4)nc(C#N)nc21. The van der Waals surface area contributed by atoms with Gasteiger partial charge in [0.2, 0.25) is 12.6 Å². The molecule has 144 valence electrons. The van der Waals surface area contributed by atoms with E-state index in [0.29, 0.717) is 29.6 Å². The molecule has 3 aromatic rings.